The summed E-state index contributed by atoms with van der Waals surface area (Å²) in [7, 11) is 1.33. The highest BCUT2D eigenvalue weighted by Gasteiger charge is 2.72. The van der Waals surface area contributed by atoms with Gasteiger partial charge in [0, 0.05) is 29.3 Å². The van der Waals surface area contributed by atoms with Gasteiger partial charge in [-0.25, -0.2) is 4.98 Å². The van der Waals surface area contributed by atoms with Crippen molar-refractivity contribution < 1.29 is 32.3 Å². The lowest BCUT2D eigenvalue weighted by Gasteiger charge is -2.19. The Bertz CT molecular complexity index is 1440. The van der Waals surface area contributed by atoms with E-state index >= 15 is 0 Å². The van der Waals surface area contributed by atoms with Crippen molar-refractivity contribution in [3.05, 3.63) is 40.7 Å². The number of piperidine rings is 1. The third kappa shape index (κ3) is 4.17. The molecule has 1 N–H and O–H groups in total. The molecule has 4 heterocycles. The number of aromatic nitrogens is 2. The van der Waals surface area contributed by atoms with Crippen LogP contribution >= 0.6 is 11.3 Å². The lowest BCUT2D eigenvalue weighted by atomic mass is 10.0. The zero-order valence-electron chi connectivity index (χ0n) is 20.4. The summed E-state index contributed by atoms with van der Waals surface area (Å²) in [5, 5.41) is 2.61. The van der Waals surface area contributed by atoms with Crippen molar-refractivity contribution in [1.29, 1.82) is 0 Å². The van der Waals surface area contributed by atoms with E-state index < -0.39 is 17.8 Å². The van der Waals surface area contributed by atoms with Crippen LogP contribution in [0.15, 0.2) is 24.4 Å². The molecule has 0 radical (unpaired) electrons. The highest BCUT2D eigenvalue weighted by Crippen LogP contribution is 2.63. The molecule has 1 aliphatic carbocycles. The molecule has 1 saturated carbocycles. The Morgan fingerprint density at radius 1 is 1.19 bits per heavy atom. The molecule has 3 amide bonds. The molecule has 1 saturated heterocycles. The molecule has 8 nitrogen and oxygen atoms in total. The number of hydrogen-bond donors (Lipinski definition) is 1. The second kappa shape index (κ2) is 8.59. The van der Waals surface area contributed by atoms with Gasteiger partial charge in [0.1, 0.15) is 12.3 Å². The predicted molar refractivity (Wildman–Crippen MR) is 129 cm³/mol. The molecular weight excluding hydrogens is 509 g/mol. The number of alkyl halides is 3. The fraction of sp³-hybridized carbons (Fsp3) is 0.400. The first kappa shape index (κ1) is 25.3. The molecule has 37 heavy (non-hydrogen) atoms. The van der Waals surface area contributed by atoms with Gasteiger partial charge in [-0.3, -0.25) is 24.3 Å². The summed E-state index contributed by atoms with van der Waals surface area (Å²) in [4.78, 5) is 47.7. The Morgan fingerprint density at radius 2 is 1.86 bits per heavy atom. The second-order valence-corrected chi connectivity index (χ2v) is 11.0. The molecule has 2 unspecified atom stereocenters. The number of carbonyl (C=O) groups excluding carboxylic acids is 3. The number of halogens is 3. The number of aryl methyl sites for hydroxylation is 1. The van der Waals surface area contributed by atoms with Crippen LogP contribution in [-0.4, -0.2) is 46.3 Å². The summed E-state index contributed by atoms with van der Waals surface area (Å²) >= 11 is 1.24. The molecule has 2 atom stereocenters. The van der Waals surface area contributed by atoms with Crippen LogP contribution in [0.1, 0.15) is 30.1 Å². The van der Waals surface area contributed by atoms with Crippen LogP contribution in [0, 0.1) is 24.2 Å². The Balaban J connectivity index is 1.56. The van der Waals surface area contributed by atoms with Crippen LogP contribution < -0.4 is 5.32 Å². The molecule has 1 aliphatic heterocycles. The molecule has 2 aliphatic rings. The first-order valence-corrected chi connectivity index (χ1v) is 12.3. The van der Waals surface area contributed by atoms with E-state index in [4.69, 9.17) is 4.74 Å². The van der Waals surface area contributed by atoms with Gasteiger partial charge in [0.25, 0.3) is 0 Å². The topological polar surface area (TPSA) is 101 Å². The smallest absolute Gasteiger partial charge is 0.375 e. The van der Waals surface area contributed by atoms with Gasteiger partial charge in [-0.15, -0.1) is 11.3 Å². The minimum Gasteiger partial charge on any atom is -0.375 e. The fourth-order valence-electron chi connectivity index (χ4n) is 5.09. The van der Waals surface area contributed by atoms with Gasteiger partial charge < -0.3 is 10.1 Å². The first-order valence-electron chi connectivity index (χ1n) is 11.4. The second-order valence-electron chi connectivity index (χ2n) is 9.82. The summed E-state index contributed by atoms with van der Waals surface area (Å²) in [6.45, 7) is 4.98. The highest BCUT2D eigenvalue weighted by molar-refractivity contribution is 7.19. The molecule has 3 aromatic rings. The van der Waals surface area contributed by atoms with Crippen molar-refractivity contribution in [2.24, 2.45) is 17.3 Å². The molecular formula is C25H23F3N4O4S. The van der Waals surface area contributed by atoms with E-state index in [9.17, 15) is 27.6 Å². The Morgan fingerprint density at radius 3 is 2.49 bits per heavy atom. The zero-order chi connectivity index (χ0) is 26.9. The molecule has 0 bridgehead atoms. The maximum Gasteiger partial charge on any atom is 0.433 e. The molecule has 194 valence electrons. The molecule has 3 aromatic heterocycles. The number of thiophene rings is 1. The normalized spacial score (nSPS) is 20.5. The first-order chi connectivity index (χ1) is 17.3. The van der Waals surface area contributed by atoms with E-state index in [2.05, 4.69) is 15.3 Å². The molecule has 0 spiro atoms. The van der Waals surface area contributed by atoms with Crippen molar-refractivity contribution in [2.45, 2.75) is 33.5 Å². The van der Waals surface area contributed by atoms with Crippen LogP contribution in [0.2, 0.25) is 0 Å². The van der Waals surface area contributed by atoms with Crippen molar-refractivity contribution >= 4 is 45.0 Å². The Labute approximate surface area is 213 Å². The van der Waals surface area contributed by atoms with Gasteiger partial charge >= 0.3 is 6.18 Å². The summed E-state index contributed by atoms with van der Waals surface area (Å²) < 4.78 is 46.3. The summed E-state index contributed by atoms with van der Waals surface area (Å²) in [5.74, 6) is -1.55. The number of amides is 3. The van der Waals surface area contributed by atoms with Crippen LogP contribution in [0.3, 0.4) is 0 Å². The van der Waals surface area contributed by atoms with Gasteiger partial charge in [0.15, 0.2) is 0 Å². The monoisotopic (exact) mass is 532 g/mol. The Hall–Kier alpha value is -3.38. The number of pyridine rings is 2. The number of nitrogens with one attached hydrogen (secondary N) is 1. The standard InChI is InChI=1S/C25H23F3N4O4S/c1-11-20(31-17(33)10-36-4)14(8-16(30-11)25(26,27)28)13-5-6-29-15-7-12(37-21(13)15)9-32-22(34)18-19(23(32)35)24(18,2)3/h5-8,18-19H,9-10H2,1-4H3,(H,31,33). The summed E-state index contributed by atoms with van der Waals surface area (Å²) in [6.07, 6.45) is -3.24. The summed E-state index contributed by atoms with van der Waals surface area (Å²) in [5.41, 5.74) is -0.260. The third-order valence-electron chi connectivity index (χ3n) is 6.99. The van der Waals surface area contributed by atoms with Crippen LogP contribution in [0.4, 0.5) is 18.9 Å². The van der Waals surface area contributed by atoms with E-state index in [0.717, 1.165) is 6.07 Å². The maximum atomic E-state index is 13.6. The third-order valence-corrected chi connectivity index (χ3v) is 8.13. The van der Waals surface area contributed by atoms with Crippen LogP contribution in [0.5, 0.6) is 0 Å². The minimum absolute atomic E-state index is 0.00822. The molecule has 12 heteroatoms. The summed E-state index contributed by atoms with van der Waals surface area (Å²) in [6, 6.07) is 4.18. The van der Waals surface area contributed by atoms with E-state index in [1.54, 1.807) is 12.1 Å². The lowest BCUT2D eigenvalue weighted by Crippen LogP contribution is -2.35. The average Bonchev–Trinajstić information content (AvgIpc) is 3.06. The van der Waals surface area contributed by atoms with Crippen LogP contribution in [-0.2, 0) is 31.8 Å². The number of ether oxygens (including phenoxy) is 1. The average molecular weight is 533 g/mol. The largest absolute Gasteiger partial charge is 0.433 e. The van der Waals surface area contributed by atoms with E-state index in [0.29, 0.717) is 20.7 Å². The van der Waals surface area contributed by atoms with Gasteiger partial charge in [-0.05, 0) is 30.5 Å². The zero-order valence-corrected chi connectivity index (χ0v) is 21.2. The highest BCUT2D eigenvalue weighted by atomic mass is 32.1. The molecule has 0 aromatic carbocycles. The predicted octanol–water partition coefficient (Wildman–Crippen LogP) is 4.41. The molecule has 2 fully saturated rings. The van der Waals surface area contributed by atoms with E-state index in [1.165, 1.54) is 36.5 Å². The van der Waals surface area contributed by atoms with Gasteiger partial charge in [0.05, 0.1) is 40.0 Å². The van der Waals surface area contributed by atoms with Crippen molar-refractivity contribution in [3.8, 4) is 11.1 Å². The van der Waals surface area contributed by atoms with Crippen LogP contribution in [0.25, 0.3) is 21.3 Å². The van der Waals surface area contributed by atoms with E-state index in [-0.39, 0.29) is 59.2 Å². The molecule has 5 rings (SSSR count). The number of imide groups is 1. The number of rotatable bonds is 6. The van der Waals surface area contributed by atoms with Crippen molar-refractivity contribution in [1.82, 2.24) is 14.9 Å². The van der Waals surface area contributed by atoms with Gasteiger partial charge in [-0.1, -0.05) is 13.8 Å². The fourth-order valence-corrected chi connectivity index (χ4v) is 6.22. The number of likely N-dealkylation sites (tertiary alicyclic amines) is 1. The number of fused-ring (bicyclic) bond motifs is 2. The number of hydrogen-bond acceptors (Lipinski definition) is 7. The lowest BCUT2D eigenvalue weighted by molar-refractivity contribution is -0.144. The van der Waals surface area contributed by atoms with E-state index in [1.807, 2.05) is 13.8 Å². The Kier molecular flexibility index (Phi) is 5.87. The quantitative estimate of drug-likeness (QED) is 0.472. The number of methoxy groups -OCH3 is 1. The minimum atomic E-state index is -4.70. The maximum absolute atomic E-state index is 13.6. The van der Waals surface area contributed by atoms with Gasteiger partial charge in [-0.2, -0.15) is 13.2 Å². The number of nitrogens with zero attached hydrogens (tertiary/aromatic N) is 3. The number of anilines is 1. The van der Waals surface area contributed by atoms with Crippen molar-refractivity contribution in [3.63, 3.8) is 0 Å². The van der Waals surface area contributed by atoms with Crippen molar-refractivity contribution in [2.75, 3.05) is 19.0 Å². The van der Waals surface area contributed by atoms with Gasteiger partial charge in [0.2, 0.25) is 17.7 Å². The SMILES string of the molecule is COCC(=O)Nc1c(-c2ccnc3cc(CN4C(=O)C5C(C4=O)C5(C)C)sc23)cc(C(F)(F)F)nc1C. The number of carbonyl (C=O) groups is 3.